The molecule has 0 bridgehead atoms. The monoisotopic (exact) mass is 305 g/mol. The lowest BCUT2D eigenvalue weighted by molar-refractivity contribution is -0.123. The number of hydrogen-bond acceptors (Lipinski definition) is 3. The van der Waals surface area contributed by atoms with Crippen molar-refractivity contribution in [2.24, 2.45) is 5.41 Å². The minimum Gasteiger partial charge on any atom is -0.444 e. The molecule has 0 unspecified atom stereocenters. The molecule has 122 valence electrons. The van der Waals surface area contributed by atoms with E-state index in [2.05, 4.69) is 5.32 Å². The summed E-state index contributed by atoms with van der Waals surface area (Å²) in [6.07, 6.45) is 1.25. The first kappa shape index (κ1) is 16.5. The summed E-state index contributed by atoms with van der Waals surface area (Å²) < 4.78 is 31.7. The number of alkyl carbamates (subject to hydrolysis) is 1. The van der Waals surface area contributed by atoms with E-state index in [1.165, 1.54) is 0 Å². The quantitative estimate of drug-likeness (QED) is 0.823. The van der Waals surface area contributed by atoms with Gasteiger partial charge in [-0.15, -0.1) is 0 Å². The molecule has 2 N–H and O–H groups in total. The van der Waals surface area contributed by atoms with E-state index in [1.54, 1.807) is 20.8 Å². The van der Waals surface area contributed by atoms with Crippen LogP contribution in [0.15, 0.2) is 0 Å². The molecule has 1 spiro atoms. The van der Waals surface area contributed by atoms with E-state index in [-0.39, 0.29) is 24.9 Å². The molecule has 2 saturated carbocycles. The Morgan fingerprint density at radius 3 is 2.14 bits per heavy atom. The number of aliphatic hydroxyl groups excluding tert-OH is 1. The van der Waals surface area contributed by atoms with Gasteiger partial charge in [-0.1, -0.05) is 0 Å². The predicted molar refractivity (Wildman–Crippen MR) is 74.3 cm³/mol. The van der Waals surface area contributed by atoms with Crippen molar-refractivity contribution in [2.75, 3.05) is 6.61 Å². The number of aliphatic hydroxyl groups is 1. The Labute approximate surface area is 124 Å². The standard InChI is InChI=1S/C15H25F2NO3/c1-12(2,3)21-11(20)18-14(10-19)8-13(9-14)4-6-15(16,17)7-5-13/h19H,4-10H2,1-3H3,(H,18,20). The van der Waals surface area contributed by atoms with Gasteiger partial charge in [-0.05, 0) is 51.9 Å². The van der Waals surface area contributed by atoms with Crippen LogP contribution in [0.2, 0.25) is 0 Å². The number of rotatable bonds is 2. The summed E-state index contributed by atoms with van der Waals surface area (Å²) in [5.74, 6) is -2.55. The molecule has 0 aliphatic heterocycles. The van der Waals surface area contributed by atoms with Crippen LogP contribution in [-0.4, -0.2) is 34.9 Å². The molecular weight excluding hydrogens is 280 g/mol. The maximum absolute atomic E-state index is 13.2. The van der Waals surface area contributed by atoms with E-state index >= 15 is 0 Å². The van der Waals surface area contributed by atoms with Crippen LogP contribution >= 0.6 is 0 Å². The van der Waals surface area contributed by atoms with Gasteiger partial charge in [-0.25, -0.2) is 13.6 Å². The zero-order valence-corrected chi connectivity index (χ0v) is 13.0. The molecule has 2 aliphatic carbocycles. The molecule has 2 aliphatic rings. The van der Waals surface area contributed by atoms with Crippen LogP contribution in [0.4, 0.5) is 13.6 Å². The lowest BCUT2D eigenvalue weighted by Gasteiger charge is -2.58. The van der Waals surface area contributed by atoms with Gasteiger partial charge in [0.2, 0.25) is 5.92 Å². The summed E-state index contributed by atoms with van der Waals surface area (Å²) in [5, 5.41) is 12.3. The van der Waals surface area contributed by atoms with Gasteiger partial charge in [0.15, 0.2) is 0 Å². The van der Waals surface area contributed by atoms with E-state index in [0.717, 1.165) is 0 Å². The van der Waals surface area contributed by atoms with Crippen LogP contribution in [0.1, 0.15) is 59.3 Å². The van der Waals surface area contributed by atoms with Gasteiger partial charge >= 0.3 is 6.09 Å². The third-order valence-corrected chi connectivity index (χ3v) is 4.54. The van der Waals surface area contributed by atoms with Crippen LogP contribution < -0.4 is 5.32 Å². The Hall–Kier alpha value is -0.910. The van der Waals surface area contributed by atoms with Crippen molar-refractivity contribution >= 4 is 6.09 Å². The summed E-state index contributed by atoms with van der Waals surface area (Å²) in [7, 11) is 0. The van der Waals surface area contributed by atoms with Gasteiger partial charge < -0.3 is 15.2 Å². The number of ether oxygens (including phenoxy) is 1. The molecule has 0 atom stereocenters. The first-order chi connectivity index (χ1) is 9.49. The largest absolute Gasteiger partial charge is 0.444 e. The normalized spacial score (nSPS) is 26.0. The van der Waals surface area contributed by atoms with Crippen LogP contribution in [0, 0.1) is 5.41 Å². The van der Waals surface area contributed by atoms with E-state index in [1.807, 2.05) is 0 Å². The Bertz CT molecular complexity index is 400. The molecular formula is C15H25F2NO3. The summed E-state index contributed by atoms with van der Waals surface area (Å²) in [6.45, 7) is 5.11. The summed E-state index contributed by atoms with van der Waals surface area (Å²) in [6, 6.07) is 0. The molecule has 1 amide bonds. The van der Waals surface area contributed by atoms with E-state index in [4.69, 9.17) is 4.74 Å². The molecule has 2 rings (SSSR count). The highest BCUT2D eigenvalue weighted by molar-refractivity contribution is 5.69. The molecule has 0 aromatic heterocycles. The number of carbonyl (C=O) groups excluding carboxylic acids is 1. The minimum absolute atomic E-state index is 0.0963. The van der Waals surface area contributed by atoms with Gasteiger partial charge in [0.1, 0.15) is 5.60 Å². The van der Waals surface area contributed by atoms with Crippen molar-refractivity contribution in [3.8, 4) is 0 Å². The second-order valence-electron chi connectivity index (χ2n) is 7.77. The molecule has 4 nitrogen and oxygen atoms in total. The highest BCUT2D eigenvalue weighted by Gasteiger charge is 2.58. The maximum Gasteiger partial charge on any atom is 0.408 e. The van der Waals surface area contributed by atoms with Crippen LogP contribution in [0.25, 0.3) is 0 Å². The molecule has 0 heterocycles. The molecule has 21 heavy (non-hydrogen) atoms. The lowest BCUT2D eigenvalue weighted by atomic mass is 9.52. The fraction of sp³-hybridized carbons (Fsp3) is 0.933. The number of hydrogen-bond donors (Lipinski definition) is 2. The molecule has 0 aromatic carbocycles. The maximum atomic E-state index is 13.2. The van der Waals surface area contributed by atoms with Gasteiger partial charge in [-0.2, -0.15) is 0 Å². The zero-order valence-electron chi connectivity index (χ0n) is 13.0. The van der Waals surface area contributed by atoms with E-state index < -0.39 is 23.2 Å². The minimum atomic E-state index is -2.55. The predicted octanol–water partition coefficient (Wildman–Crippen LogP) is 3.23. The van der Waals surface area contributed by atoms with Crippen molar-refractivity contribution in [3.63, 3.8) is 0 Å². The molecule has 0 radical (unpaired) electrons. The average molecular weight is 305 g/mol. The van der Waals surface area contributed by atoms with Crippen molar-refractivity contribution in [3.05, 3.63) is 0 Å². The fourth-order valence-electron chi connectivity index (χ4n) is 3.64. The van der Waals surface area contributed by atoms with E-state index in [9.17, 15) is 18.7 Å². The van der Waals surface area contributed by atoms with Crippen LogP contribution in [0.3, 0.4) is 0 Å². The Morgan fingerprint density at radius 1 is 1.19 bits per heavy atom. The lowest BCUT2D eigenvalue weighted by Crippen LogP contribution is -2.65. The van der Waals surface area contributed by atoms with Crippen molar-refractivity contribution < 1.29 is 23.4 Å². The SMILES string of the molecule is CC(C)(C)OC(=O)NC1(CO)CC2(CCC(F)(F)CC2)C1. The van der Waals surface area contributed by atoms with E-state index in [0.29, 0.717) is 25.7 Å². The van der Waals surface area contributed by atoms with Crippen molar-refractivity contribution in [2.45, 2.75) is 76.4 Å². The highest BCUT2D eigenvalue weighted by atomic mass is 19.3. The average Bonchev–Trinajstić information content (AvgIpc) is 2.27. The first-order valence-electron chi connectivity index (χ1n) is 7.49. The van der Waals surface area contributed by atoms with Gasteiger partial charge in [0.25, 0.3) is 0 Å². The molecule has 0 aromatic rings. The van der Waals surface area contributed by atoms with Gasteiger partial charge in [-0.3, -0.25) is 0 Å². The third-order valence-electron chi connectivity index (χ3n) is 4.54. The number of nitrogens with one attached hydrogen (secondary N) is 1. The summed E-state index contributed by atoms with van der Waals surface area (Å²) in [5.41, 5.74) is -1.47. The Balaban J connectivity index is 1.91. The smallest absolute Gasteiger partial charge is 0.408 e. The van der Waals surface area contributed by atoms with Crippen LogP contribution in [-0.2, 0) is 4.74 Å². The van der Waals surface area contributed by atoms with Crippen molar-refractivity contribution in [1.29, 1.82) is 0 Å². The molecule has 6 heteroatoms. The number of amides is 1. The number of carbonyl (C=O) groups is 1. The fourth-order valence-corrected chi connectivity index (χ4v) is 3.64. The van der Waals surface area contributed by atoms with Crippen LogP contribution in [0.5, 0.6) is 0 Å². The summed E-state index contributed by atoms with van der Waals surface area (Å²) in [4.78, 5) is 11.8. The molecule has 2 fully saturated rings. The second kappa shape index (κ2) is 5.07. The van der Waals surface area contributed by atoms with Gasteiger partial charge in [0, 0.05) is 12.8 Å². The van der Waals surface area contributed by atoms with Crippen molar-refractivity contribution in [1.82, 2.24) is 5.32 Å². The summed E-state index contributed by atoms with van der Waals surface area (Å²) >= 11 is 0. The Morgan fingerprint density at radius 2 is 1.71 bits per heavy atom. The Kier molecular flexibility index (Phi) is 3.98. The topological polar surface area (TPSA) is 58.6 Å². The zero-order chi connectivity index (χ0) is 15.9. The molecule has 0 saturated heterocycles. The second-order valence-corrected chi connectivity index (χ2v) is 7.77. The number of halogens is 2. The first-order valence-corrected chi connectivity index (χ1v) is 7.49. The number of alkyl halides is 2. The van der Waals surface area contributed by atoms with Gasteiger partial charge in [0.05, 0.1) is 12.1 Å². The third kappa shape index (κ3) is 3.84. The highest BCUT2D eigenvalue weighted by Crippen LogP contribution is 2.58.